The van der Waals surface area contributed by atoms with Crippen LogP contribution in [0.5, 0.6) is 11.6 Å². The molecule has 1 aromatic carbocycles. The van der Waals surface area contributed by atoms with Gasteiger partial charge in [0.25, 0.3) is 11.8 Å². The Morgan fingerprint density at radius 2 is 1.72 bits per heavy atom. The summed E-state index contributed by atoms with van der Waals surface area (Å²) in [4.78, 5) is 32.8. The molecule has 0 aliphatic rings. The van der Waals surface area contributed by atoms with Gasteiger partial charge in [-0.25, -0.2) is 9.97 Å². The molecular weight excluding hydrogens is 368 g/mol. The van der Waals surface area contributed by atoms with E-state index < -0.39 is 0 Å². The number of ether oxygens (including phenoxy) is 1. The number of carbonyl (C=O) groups excluding carboxylic acids is 2. The van der Waals surface area contributed by atoms with Crippen LogP contribution in [0, 0.1) is 0 Å². The van der Waals surface area contributed by atoms with Crippen LogP contribution in [-0.2, 0) is 6.54 Å². The quantitative estimate of drug-likeness (QED) is 0.645. The van der Waals surface area contributed by atoms with Crippen molar-refractivity contribution < 1.29 is 14.3 Å². The molecule has 148 valence electrons. The van der Waals surface area contributed by atoms with Gasteiger partial charge in [-0.3, -0.25) is 9.59 Å². The van der Waals surface area contributed by atoms with Crippen LogP contribution in [0.2, 0.25) is 0 Å². The second-order valence-corrected chi connectivity index (χ2v) is 6.64. The van der Waals surface area contributed by atoms with Crippen molar-refractivity contribution >= 4 is 11.8 Å². The van der Waals surface area contributed by atoms with E-state index in [1.165, 1.54) is 0 Å². The lowest BCUT2D eigenvalue weighted by atomic mass is 10.2. The molecule has 0 fully saturated rings. The molecule has 7 nitrogen and oxygen atoms in total. The zero-order valence-corrected chi connectivity index (χ0v) is 16.3. The van der Waals surface area contributed by atoms with Crippen LogP contribution in [0.3, 0.4) is 0 Å². The van der Waals surface area contributed by atoms with Crippen molar-refractivity contribution in [3.8, 4) is 11.6 Å². The molecule has 0 aliphatic heterocycles. The number of hydrogen-bond donors (Lipinski definition) is 2. The molecule has 0 saturated carbocycles. The summed E-state index contributed by atoms with van der Waals surface area (Å²) >= 11 is 0. The summed E-state index contributed by atoms with van der Waals surface area (Å²) in [5.41, 5.74) is 1.25. The normalized spacial score (nSPS) is 10.4. The highest BCUT2D eigenvalue weighted by Crippen LogP contribution is 2.20. The van der Waals surface area contributed by atoms with E-state index in [9.17, 15) is 9.59 Å². The maximum atomic E-state index is 12.4. The monoisotopic (exact) mass is 390 g/mol. The summed E-state index contributed by atoms with van der Waals surface area (Å²) in [5.74, 6) is 0.449. The molecule has 2 aromatic heterocycles. The van der Waals surface area contributed by atoms with Gasteiger partial charge in [-0.15, -0.1) is 0 Å². The smallest absolute Gasteiger partial charge is 0.270 e. The first-order valence-electron chi connectivity index (χ1n) is 9.25. The summed E-state index contributed by atoms with van der Waals surface area (Å²) < 4.78 is 5.70. The van der Waals surface area contributed by atoms with Gasteiger partial charge in [-0.1, -0.05) is 24.3 Å². The fraction of sp³-hybridized carbons (Fsp3) is 0.182. The van der Waals surface area contributed by atoms with Crippen molar-refractivity contribution in [2.75, 3.05) is 0 Å². The fourth-order valence-electron chi connectivity index (χ4n) is 2.54. The van der Waals surface area contributed by atoms with Crippen LogP contribution >= 0.6 is 0 Å². The van der Waals surface area contributed by atoms with E-state index in [2.05, 4.69) is 20.6 Å². The Morgan fingerprint density at radius 1 is 0.966 bits per heavy atom. The second kappa shape index (κ2) is 9.45. The Bertz CT molecular complexity index is 990. The van der Waals surface area contributed by atoms with Gasteiger partial charge >= 0.3 is 0 Å². The maximum absolute atomic E-state index is 12.4. The molecule has 2 N–H and O–H groups in total. The maximum Gasteiger partial charge on any atom is 0.270 e. The summed E-state index contributed by atoms with van der Waals surface area (Å²) in [6, 6.07) is 17.6. The highest BCUT2D eigenvalue weighted by Gasteiger charge is 2.13. The van der Waals surface area contributed by atoms with Gasteiger partial charge in [0.1, 0.15) is 17.1 Å². The van der Waals surface area contributed by atoms with Gasteiger partial charge in [-0.05, 0) is 49.7 Å². The van der Waals surface area contributed by atoms with Gasteiger partial charge in [0.05, 0.1) is 0 Å². The molecule has 0 radical (unpaired) electrons. The van der Waals surface area contributed by atoms with Crippen LogP contribution in [0.4, 0.5) is 0 Å². The molecule has 0 bridgehead atoms. The number of nitrogens with one attached hydrogen (secondary N) is 2. The predicted molar refractivity (Wildman–Crippen MR) is 109 cm³/mol. The van der Waals surface area contributed by atoms with Gasteiger partial charge in [0, 0.05) is 24.8 Å². The summed E-state index contributed by atoms with van der Waals surface area (Å²) in [6.45, 7) is 4.02. The third-order valence-corrected chi connectivity index (χ3v) is 3.85. The first-order chi connectivity index (χ1) is 14.0. The minimum atomic E-state index is -0.361. The van der Waals surface area contributed by atoms with Crippen molar-refractivity contribution in [3.63, 3.8) is 0 Å². The number of amides is 2. The second-order valence-electron chi connectivity index (χ2n) is 6.64. The molecule has 0 unspecified atom stereocenters. The van der Waals surface area contributed by atoms with Crippen molar-refractivity contribution in [1.82, 2.24) is 20.6 Å². The number of pyridine rings is 2. The standard InChI is InChI=1S/C22H22N4O3/c1-15(2)25-22(28)19-10-6-9-18(26-19)21(27)24-14-16-7-5-8-17(13-16)29-20-11-3-4-12-23-20/h3-13,15H,14H2,1-2H3,(H,24,27)(H,25,28). The van der Waals surface area contributed by atoms with E-state index >= 15 is 0 Å². The largest absolute Gasteiger partial charge is 0.439 e. The molecule has 0 saturated heterocycles. The van der Waals surface area contributed by atoms with E-state index in [0.717, 1.165) is 5.56 Å². The average molecular weight is 390 g/mol. The molecule has 3 aromatic rings. The van der Waals surface area contributed by atoms with Crippen LogP contribution in [0.15, 0.2) is 66.9 Å². The number of aromatic nitrogens is 2. The lowest BCUT2D eigenvalue weighted by molar-refractivity contribution is 0.0936. The Kier molecular flexibility index (Phi) is 6.52. The van der Waals surface area contributed by atoms with Gasteiger partial charge in [-0.2, -0.15) is 0 Å². The lowest BCUT2D eigenvalue weighted by Gasteiger charge is -2.10. The molecule has 0 atom stereocenters. The van der Waals surface area contributed by atoms with Crippen molar-refractivity contribution in [1.29, 1.82) is 0 Å². The molecular formula is C22H22N4O3. The van der Waals surface area contributed by atoms with Crippen molar-refractivity contribution in [2.24, 2.45) is 0 Å². The number of hydrogen-bond acceptors (Lipinski definition) is 5. The summed E-state index contributed by atoms with van der Waals surface area (Å²) in [7, 11) is 0. The highest BCUT2D eigenvalue weighted by atomic mass is 16.5. The third kappa shape index (κ3) is 5.87. The Hall–Kier alpha value is -3.74. The first kappa shape index (κ1) is 20.0. The molecule has 2 heterocycles. The van der Waals surface area contributed by atoms with Crippen LogP contribution < -0.4 is 15.4 Å². The molecule has 2 amide bonds. The highest BCUT2D eigenvalue weighted by molar-refractivity contribution is 5.96. The molecule has 0 spiro atoms. The van der Waals surface area contributed by atoms with Crippen molar-refractivity contribution in [3.05, 3.63) is 83.8 Å². The summed E-state index contributed by atoms with van der Waals surface area (Å²) in [5, 5.41) is 5.57. The SMILES string of the molecule is CC(C)NC(=O)c1cccc(C(=O)NCc2cccc(Oc3ccccn3)c2)n1. The number of carbonyl (C=O) groups is 2. The zero-order chi connectivity index (χ0) is 20.6. The Labute approximate surface area is 169 Å². The van der Waals surface area contributed by atoms with E-state index in [4.69, 9.17) is 4.74 Å². The zero-order valence-electron chi connectivity index (χ0n) is 16.3. The average Bonchev–Trinajstić information content (AvgIpc) is 2.72. The summed E-state index contributed by atoms with van der Waals surface area (Å²) in [6.07, 6.45) is 1.65. The van der Waals surface area contributed by atoms with E-state index in [0.29, 0.717) is 18.2 Å². The number of rotatable bonds is 7. The minimum absolute atomic E-state index is 0.0117. The number of nitrogens with zero attached hydrogens (tertiary/aromatic N) is 2. The fourth-order valence-corrected chi connectivity index (χ4v) is 2.54. The molecule has 3 rings (SSSR count). The Balaban J connectivity index is 1.62. The predicted octanol–water partition coefficient (Wildman–Crippen LogP) is 3.34. The van der Waals surface area contributed by atoms with Crippen LogP contribution in [-0.4, -0.2) is 27.8 Å². The topological polar surface area (TPSA) is 93.2 Å². The molecule has 0 aliphatic carbocycles. The van der Waals surface area contributed by atoms with Crippen molar-refractivity contribution in [2.45, 2.75) is 26.4 Å². The van der Waals surface area contributed by atoms with Crippen LogP contribution in [0.25, 0.3) is 0 Å². The number of benzene rings is 1. The van der Waals surface area contributed by atoms with E-state index in [1.807, 2.05) is 50.2 Å². The van der Waals surface area contributed by atoms with Gasteiger partial charge < -0.3 is 15.4 Å². The van der Waals surface area contributed by atoms with Gasteiger partial charge in [0.2, 0.25) is 5.88 Å². The first-order valence-corrected chi connectivity index (χ1v) is 9.25. The molecule has 7 heteroatoms. The Morgan fingerprint density at radius 3 is 2.45 bits per heavy atom. The van der Waals surface area contributed by atoms with Gasteiger partial charge in [0.15, 0.2) is 0 Å². The van der Waals surface area contributed by atoms with E-state index in [-0.39, 0.29) is 29.2 Å². The van der Waals surface area contributed by atoms with E-state index in [1.54, 1.807) is 30.5 Å². The lowest BCUT2D eigenvalue weighted by Crippen LogP contribution is -2.31. The van der Waals surface area contributed by atoms with Crippen LogP contribution in [0.1, 0.15) is 40.4 Å². The molecule has 29 heavy (non-hydrogen) atoms. The third-order valence-electron chi connectivity index (χ3n) is 3.85. The minimum Gasteiger partial charge on any atom is -0.439 e.